The highest BCUT2D eigenvalue weighted by Gasteiger charge is 2.25. The van der Waals surface area contributed by atoms with Crippen molar-refractivity contribution >= 4 is 17.9 Å². The fourth-order valence-electron chi connectivity index (χ4n) is 8.25. The minimum Gasteiger partial charge on any atom is -0.544 e. The van der Waals surface area contributed by atoms with Crippen molar-refractivity contribution in [2.24, 2.45) is 0 Å². The van der Waals surface area contributed by atoms with Crippen LogP contribution in [0.3, 0.4) is 0 Å². The molecule has 0 N–H and O–H groups in total. The number of nitrogens with zero attached hydrogens (tertiary/aromatic N) is 1. The normalized spacial score (nSPS) is 12.9. The van der Waals surface area contributed by atoms with E-state index in [1.807, 2.05) is 21.1 Å². The van der Waals surface area contributed by atoms with Gasteiger partial charge in [-0.3, -0.25) is 9.59 Å². The van der Waals surface area contributed by atoms with Gasteiger partial charge in [0, 0.05) is 19.3 Å². The van der Waals surface area contributed by atoms with Crippen molar-refractivity contribution in [1.29, 1.82) is 0 Å². The molecule has 0 aliphatic rings. The molecule has 0 aromatic carbocycles. The van der Waals surface area contributed by atoms with Gasteiger partial charge in [0.2, 0.25) is 0 Å². The zero-order chi connectivity index (χ0) is 45.6. The highest BCUT2D eigenvalue weighted by Crippen LogP contribution is 2.17. The molecular formula is C54H103NO7. The minimum absolute atomic E-state index is 0.0434. The summed E-state index contributed by atoms with van der Waals surface area (Å²) < 4.78 is 17.3. The Morgan fingerprint density at radius 2 is 0.806 bits per heavy atom. The molecule has 0 spiro atoms. The molecule has 0 radical (unpaired) electrons. The standard InChI is InChI=1S/C54H103NO7/c1-6-8-10-12-14-16-18-20-22-23-24-25-26-27-28-29-31-32-34-36-38-40-42-44-52(56)61-49-50(48-60-47-46-51(54(58)59)55(3,4)5)62-53(57)45-43-41-39-37-35-33-30-21-19-17-15-13-11-9-7-2/h21,30,50-51H,6-20,22-29,31-49H2,1-5H3/b30-21-. The Morgan fingerprint density at radius 1 is 0.468 bits per heavy atom. The van der Waals surface area contributed by atoms with Crippen LogP contribution < -0.4 is 5.11 Å². The number of quaternary nitrogens is 1. The van der Waals surface area contributed by atoms with Crippen molar-refractivity contribution in [1.82, 2.24) is 0 Å². The molecule has 8 nitrogen and oxygen atoms in total. The Kier molecular flexibility index (Phi) is 44.2. The van der Waals surface area contributed by atoms with E-state index in [1.54, 1.807) is 0 Å². The van der Waals surface area contributed by atoms with E-state index in [0.717, 1.165) is 51.4 Å². The lowest BCUT2D eigenvalue weighted by atomic mass is 10.0. The van der Waals surface area contributed by atoms with E-state index in [-0.39, 0.29) is 42.7 Å². The van der Waals surface area contributed by atoms with E-state index >= 15 is 0 Å². The van der Waals surface area contributed by atoms with Crippen LogP contribution >= 0.6 is 0 Å². The Balaban J connectivity index is 4.14. The van der Waals surface area contributed by atoms with Gasteiger partial charge in [0.05, 0.1) is 40.3 Å². The molecule has 0 aromatic rings. The van der Waals surface area contributed by atoms with Gasteiger partial charge in [0.15, 0.2) is 6.10 Å². The number of hydrogen-bond donors (Lipinski definition) is 0. The molecule has 2 atom stereocenters. The predicted octanol–water partition coefficient (Wildman–Crippen LogP) is 14.1. The number of carbonyl (C=O) groups excluding carboxylic acids is 3. The molecule has 0 heterocycles. The number of ether oxygens (including phenoxy) is 3. The van der Waals surface area contributed by atoms with Crippen LogP contribution in [-0.4, -0.2) is 75.5 Å². The molecule has 0 aliphatic heterocycles. The summed E-state index contributed by atoms with van der Waals surface area (Å²) >= 11 is 0. The lowest BCUT2D eigenvalue weighted by molar-refractivity contribution is -0.889. The van der Waals surface area contributed by atoms with Crippen molar-refractivity contribution in [3.8, 4) is 0 Å². The van der Waals surface area contributed by atoms with Gasteiger partial charge in [-0.25, -0.2) is 0 Å². The van der Waals surface area contributed by atoms with Gasteiger partial charge in [-0.15, -0.1) is 0 Å². The number of rotatable bonds is 49. The molecule has 0 saturated carbocycles. The van der Waals surface area contributed by atoms with E-state index in [0.29, 0.717) is 12.8 Å². The van der Waals surface area contributed by atoms with Gasteiger partial charge in [0.1, 0.15) is 12.6 Å². The summed E-state index contributed by atoms with van der Waals surface area (Å²) in [5.74, 6) is -1.72. The number of carboxylic acids is 1. The summed E-state index contributed by atoms with van der Waals surface area (Å²) in [6, 6.07) is -0.724. The van der Waals surface area contributed by atoms with E-state index in [9.17, 15) is 19.5 Å². The Hall–Kier alpha value is -1.93. The van der Waals surface area contributed by atoms with Crippen LogP contribution in [0, 0.1) is 0 Å². The number of esters is 2. The Bertz CT molecular complexity index is 1020. The Morgan fingerprint density at radius 3 is 1.16 bits per heavy atom. The second-order valence-corrected chi connectivity index (χ2v) is 19.5. The summed E-state index contributed by atoms with van der Waals surface area (Å²) in [6.07, 6.45) is 51.1. The highest BCUT2D eigenvalue weighted by molar-refractivity contribution is 5.70. The molecule has 0 rings (SSSR count). The number of carboxylic acid groups (broad SMARTS) is 1. The third-order valence-corrected chi connectivity index (χ3v) is 12.4. The second kappa shape index (κ2) is 45.6. The van der Waals surface area contributed by atoms with Gasteiger partial charge in [-0.05, 0) is 38.5 Å². The van der Waals surface area contributed by atoms with E-state index < -0.39 is 18.1 Å². The van der Waals surface area contributed by atoms with Crippen molar-refractivity contribution in [2.75, 3.05) is 41.0 Å². The fourth-order valence-corrected chi connectivity index (χ4v) is 8.25. The van der Waals surface area contributed by atoms with Gasteiger partial charge >= 0.3 is 11.9 Å². The van der Waals surface area contributed by atoms with Crippen molar-refractivity contribution < 1.29 is 38.2 Å². The maximum absolute atomic E-state index is 12.8. The molecule has 366 valence electrons. The van der Waals surface area contributed by atoms with Gasteiger partial charge in [-0.2, -0.15) is 0 Å². The quantitative estimate of drug-likeness (QED) is 0.0260. The fraction of sp³-hybridized carbons (Fsp3) is 0.907. The van der Waals surface area contributed by atoms with Crippen molar-refractivity contribution in [3.63, 3.8) is 0 Å². The van der Waals surface area contributed by atoms with Crippen LogP contribution in [0.1, 0.15) is 264 Å². The van der Waals surface area contributed by atoms with Gasteiger partial charge in [0.25, 0.3) is 0 Å². The van der Waals surface area contributed by atoms with E-state index in [2.05, 4.69) is 26.0 Å². The van der Waals surface area contributed by atoms with Crippen LogP contribution in [0.2, 0.25) is 0 Å². The first-order chi connectivity index (χ1) is 30.1. The molecule has 0 saturated heterocycles. The van der Waals surface area contributed by atoms with E-state index in [4.69, 9.17) is 14.2 Å². The van der Waals surface area contributed by atoms with Crippen molar-refractivity contribution in [3.05, 3.63) is 12.2 Å². The van der Waals surface area contributed by atoms with Crippen molar-refractivity contribution in [2.45, 2.75) is 276 Å². The SMILES string of the molecule is CCCCCCCC/C=C\CCCCCCCC(=O)OC(COCCC(C(=O)[O-])[N+](C)(C)C)COC(=O)CCCCCCCCCCCCCCCCCCCCCCCCC. The molecule has 2 unspecified atom stereocenters. The smallest absolute Gasteiger partial charge is 0.306 e. The van der Waals surface area contributed by atoms with Crippen LogP contribution in [0.15, 0.2) is 12.2 Å². The number of likely N-dealkylation sites (N-methyl/N-ethyl adjacent to an activating group) is 1. The summed E-state index contributed by atoms with van der Waals surface area (Å²) in [6.45, 7) is 4.70. The van der Waals surface area contributed by atoms with Gasteiger partial charge in [-0.1, -0.05) is 219 Å². The molecule has 0 aliphatic carbocycles. The third-order valence-electron chi connectivity index (χ3n) is 12.4. The van der Waals surface area contributed by atoms with Crippen LogP contribution in [-0.2, 0) is 28.6 Å². The second-order valence-electron chi connectivity index (χ2n) is 19.5. The van der Waals surface area contributed by atoms with Crippen LogP contribution in [0.4, 0.5) is 0 Å². The molecular weight excluding hydrogens is 775 g/mol. The molecule has 8 heteroatoms. The minimum atomic E-state index is -1.12. The molecule has 0 aromatic heterocycles. The maximum Gasteiger partial charge on any atom is 0.306 e. The molecule has 0 bridgehead atoms. The topological polar surface area (TPSA) is 102 Å². The third kappa shape index (κ3) is 43.3. The first-order valence-corrected chi connectivity index (χ1v) is 26.7. The first-order valence-electron chi connectivity index (χ1n) is 26.7. The number of aliphatic carboxylic acids is 1. The monoisotopic (exact) mass is 878 g/mol. The Labute approximate surface area is 384 Å². The number of allylic oxidation sites excluding steroid dienone is 2. The zero-order valence-corrected chi connectivity index (χ0v) is 41.8. The number of carbonyl (C=O) groups is 3. The largest absolute Gasteiger partial charge is 0.544 e. The lowest BCUT2D eigenvalue weighted by Crippen LogP contribution is -2.55. The number of unbranched alkanes of at least 4 members (excludes halogenated alkanes) is 33. The predicted molar refractivity (Wildman–Crippen MR) is 259 cm³/mol. The lowest BCUT2D eigenvalue weighted by Gasteiger charge is -2.34. The summed E-state index contributed by atoms with van der Waals surface area (Å²) in [4.78, 5) is 37.0. The average Bonchev–Trinajstić information content (AvgIpc) is 3.23. The van der Waals surface area contributed by atoms with Crippen LogP contribution in [0.5, 0.6) is 0 Å². The van der Waals surface area contributed by atoms with Crippen LogP contribution in [0.25, 0.3) is 0 Å². The number of hydrogen-bond acceptors (Lipinski definition) is 7. The summed E-state index contributed by atoms with van der Waals surface area (Å²) in [5, 5.41) is 11.7. The zero-order valence-electron chi connectivity index (χ0n) is 41.8. The molecule has 0 amide bonds. The maximum atomic E-state index is 12.8. The summed E-state index contributed by atoms with van der Waals surface area (Å²) in [7, 11) is 5.42. The first kappa shape index (κ1) is 60.1. The van der Waals surface area contributed by atoms with E-state index in [1.165, 1.54) is 180 Å². The van der Waals surface area contributed by atoms with Gasteiger partial charge < -0.3 is 28.6 Å². The average molecular weight is 878 g/mol. The summed E-state index contributed by atoms with van der Waals surface area (Å²) in [5.41, 5.74) is 0. The molecule has 0 fully saturated rings. The molecule has 62 heavy (non-hydrogen) atoms. The highest BCUT2D eigenvalue weighted by atomic mass is 16.6.